The number of benzene rings is 1. The molecule has 1 aromatic rings. The fourth-order valence-corrected chi connectivity index (χ4v) is 3.23. The van der Waals surface area contributed by atoms with Crippen LogP contribution in [0.3, 0.4) is 0 Å². The number of unbranched alkanes of at least 4 members (excludes halogenated alkanes) is 4. The molecule has 0 bridgehead atoms. The number of rotatable bonds is 8. The van der Waals surface area contributed by atoms with Crippen molar-refractivity contribution < 1.29 is 18.7 Å². The zero-order chi connectivity index (χ0) is 18.2. The fourth-order valence-electron chi connectivity index (χ4n) is 3.05. The fraction of sp³-hybridized carbons (Fsp3) is 0.579. The Bertz CT molecular complexity index is 608. The van der Waals surface area contributed by atoms with Crippen molar-refractivity contribution in [3.8, 4) is 0 Å². The first-order valence-corrected chi connectivity index (χ1v) is 9.35. The Morgan fingerprint density at radius 2 is 2.04 bits per heavy atom. The van der Waals surface area contributed by atoms with Gasteiger partial charge in [-0.2, -0.15) is 0 Å². The van der Waals surface area contributed by atoms with Crippen LogP contribution in [0, 0.1) is 5.82 Å². The van der Waals surface area contributed by atoms with Crippen LogP contribution in [0.2, 0.25) is 5.02 Å². The lowest BCUT2D eigenvalue weighted by molar-refractivity contribution is -0.148. The van der Waals surface area contributed by atoms with Crippen LogP contribution < -0.4 is 0 Å². The Labute approximate surface area is 153 Å². The summed E-state index contributed by atoms with van der Waals surface area (Å²) in [7, 11) is 0. The number of nitrogens with zero attached hydrogens (tertiary/aromatic N) is 1. The summed E-state index contributed by atoms with van der Waals surface area (Å²) in [4.78, 5) is 26.3. The molecule has 0 aliphatic carbocycles. The molecule has 25 heavy (non-hydrogen) atoms. The predicted molar refractivity (Wildman–Crippen MR) is 95.2 cm³/mol. The molecule has 1 unspecified atom stereocenters. The van der Waals surface area contributed by atoms with Gasteiger partial charge in [0.25, 0.3) is 5.91 Å². The quantitative estimate of drug-likeness (QED) is 0.497. The maximum atomic E-state index is 14.1. The summed E-state index contributed by atoms with van der Waals surface area (Å²) in [6, 6.07) is 3.67. The largest absolute Gasteiger partial charge is 0.464 e. The van der Waals surface area contributed by atoms with Crippen LogP contribution in [0.1, 0.15) is 62.2 Å². The number of esters is 1. The highest BCUT2D eigenvalue weighted by molar-refractivity contribution is 6.31. The van der Waals surface area contributed by atoms with Gasteiger partial charge in [0, 0.05) is 6.54 Å². The summed E-state index contributed by atoms with van der Waals surface area (Å²) in [5, 5.41) is -0.101. The Morgan fingerprint density at radius 3 is 2.80 bits per heavy atom. The van der Waals surface area contributed by atoms with Gasteiger partial charge in [0.05, 0.1) is 17.2 Å². The third kappa shape index (κ3) is 5.18. The Kier molecular flexibility index (Phi) is 7.69. The first kappa shape index (κ1) is 19.7. The average molecular weight is 370 g/mol. The van der Waals surface area contributed by atoms with Gasteiger partial charge < -0.3 is 9.64 Å². The SMILES string of the molecule is CCCCCCCOC(=O)C1CCCN1C(=O)c1cccc(Cl)c1F. The normalized spacial score (nSPS) is 16.9. The van der Waals surface area contributed by atoms with E-state index in [4.69, 9.17) is 16.3 Å². The first-order valence-electron chi connectivity index (χ1n) is 8.98. The van der Waals surface area contributed by atoms with E-state index in [0.29, 0.717) is 26.0 Å². The molecule has 0 saturated carbocycles. The van der Waals surface area contributed by atoms with Gasteiger partial charge in [0.1, 0.15) is 6.04 Å². The standard InChI is InChI=1S/C19H25ClFNO3/c1-2-3-4-5-6-13-25-19(24)16-11-8-12-22(16)18(23)14-9-7-10-15(20)17(14)21/h7,9-10,16H,2-6,8,11-13H2,1H3. The van der Waals surface area contributed by atoms with E-state index >= 15 is 0 Å². The Hall–Kier alpha value is -1.62. The zero-order valence-electron chi connectivity index (χ0n) is 14.6. The lowest BCUT2D eigenvalue weighted by Gasteiger charge is -2.23. The van der Waals surface area contributed by atoms with E-state index in [0.717, 1.165) is 19.3 Å². The molecule has 0 N–H and O–H groups in total. The molecule has 1 atom stereocenters. The Balaban J connectivity index is 1.91. The summed E-state index contributed by atoms with van der Waals surface area (Å²) in [5.74, 6) is -1.66. The van der Waals surface area contributed by atoms with Crippen molar-refractivity contribution in [2.24, 2.45) is 0 Å². The molecule has 4 nitrogen and oxygen atoms in total. The lowest BCUT2D eigenvalue weighted by Crippen LogP contribution is -2.41. The lowest BCUT2D eigenvalue weighted by atomic mass is 10.1. The highest BCUT2D eigenvalue weighted by Gasteiger charge is 2.36. The van der Waals surface area contributed by atoms with Gasteiger partial charge in [-0.25, -0.2) is 9.18 Å². The molecule has 0 radical (unpaired) electrons. The number of hydrogen-bond donors (Lipinski definition) is 0. The maximum absolute atomic E-state index is 14.1. The van der Waals surface area contributed by atoms with Gasteiger partial charge in [0.15, 0.2) is 5.82 Å². The number of likely N-dealkylation sites (tertiary alicyclic amines) is 1. The van der Waals surface area contributed by atoms with Crippen molar-refractivity contribution in [3.05, 3.63) is 34.6 Å². The highest BCUT2D eigenvalue weighted by Crippen LogP contribution is 2.25. The van der Waals surface area contributed by atoms with E-state index in [1.807, 2.05) is 0 Å². The van der Waals surface area contributed by atoms with Crippen molar-refractivity contribution in [3.63, 3.8) is 0 Å². The topological polar surface area (TPSA) is 46.6 Å². The smallest absolute Gasteiger partial charge is 0.328 e. The minimum Gasteiger partial charge on any atom is -0.464 e. The molecular formula is C19H25ClFNO3. The number of carbonyl (C=O) groups excluding carboxylic acids is 2. The monoisotopic (exact) mass is 369 g/mol. The average Bonchev–Trinajstić information content (AvgIpc) is 3.09. The van der Waals surface area contributed by atoms with Crippen molar-refractivity contribution in [2.75, 3.05) is 13.2 Å². The second-order valence-corrected chi connectivity index (χ2v) is 6.75. The van der Waals surface area contributed by atoms with E-state index < -0.39 is 23.7 Å². The molecule has 1 aromatic carbocycles. The molecule has 6 heteroatoms. The third-order valence-corrected chi connectivity index (χ3v) is 4.75. The van der Waals surface area contributed by atoms with Crippen LogP contribution in [0.15, 0.2) is 18.2 Å². The molecule has 1 heterocycles. The van der Waals surface area contributed by atoms with E-state index in [-0.39, 0.29) is 10.6 Å². The van der Waals surface area contributed by atoms with E-state index in [1.165, 1.54) is 35.9 Å². The molecular weight excluding hydrogens is 345 g/mol. The van der Waals surface area contributed by atoms with Crippen molar-refractivity contribution >= 4 is 23.5 Å². The molecule has 1 amide bonds. The highest BCUT2D eigenvalue weighted by atomic mass is 35.5. The number of ether oxygens (including phenoxy) is 1. The third-order valence-electron chi connectivity index (χ3n) is 4.46. The van der Waals surface area contributed by atoms with Crippen LogP contribution in [0.4, 0.5) is 4.39 Å². The molecule has 1 aliphatic heterocycles. The van der Waals surface area contributed by atoms with E-state index in [1.54, 1.807) is 0 Å². The summed E-state index contributed by atoms with van der Waals surface area (Å²) in [6.45, 7) is 2.93. The minimum absolute atomic E-state index is 0.101. The van der Waals surface area contributed by atoms with E-state index in [2.05, 4.69) is 6.92 Å². The molecule has 2 rings (SSSR count). The van der Waals surface area contributed by atoms with Crippen LogP contribution in [0.5, 0.6) is 0 Å². The number of carbonyl (C=O) groups is 2. The molecule has 1 fully saturated rings. The second-order valence-electron chi connectivity index (χ2n) is 6.34. The molecule has 138 valence electrons. The summed E-state index contributed by atoms with van der Waals surface area (Å²) in [5.41, 5.74) is -0.105. The van der Waals surface area contributed by atoms with Gasteiger partial charge in [-0.15, -0.1) is 0 Å². The van der Waals surface area contributed by atoms with Crippen molar-refractivity contribution in [1.29, 1.82) is 0 Å². The number of amides is 1. The first-order chi connectivity index (χ1) is 12.1. The predicted octanol–water partition coefficient (Wildman–Crippen LogP) is 4.60. The molecule has 0 spiro atoms. The van der Waals surface area contributed by atoms with Gasteiger partial charge in [-0.3, -0.25) is 4.79 Å². The van der Waals surface area contributed by atoms with Gasteiger partial charge in [-0.1, -0.05) is 50.3 Å². The second kappa shape index (κ2) is 9.76. The minimum atomic E-state index is -0.746. The molecule has 1 aliphatic rings. The Morgan fingerprint density at radius 1 is 1.28 bits per heavy atom. The van der Waals surface area contributed by atoms with Crippen LogP contribution in [-0.4, -0.2) is 36.0 Å². The van der Waals surface area contributed by atoms with Crippen LogP contribution in [-0.2, 0) is 9.53 Å². The summed E-state index contributed by atoms with van der Waals surface area (Å²) < 4.78 is 19.4. The van der Waals surface area contributed by atoms with E-state index in [9.17, 15) is 14.0 Å². The number of hydrogen-bond acceptors (Lipinski definition) is 3. The zero-order valence-corrected chi connectivity index (χ0v) is 15.4. The van der Waals surface area contributed by atoms with Crippen LogP contribution >= 0.6 is 11.6 Å². The summed E-state index contributed by atoms with van der Waals surface area (Å²) in [6.07, 6.45) is 6.59. The molecule has 1 saturated heterocycles. The van der Waals surface area contributed by atoms with Gasteiger partial charge in [-0.05, 0) is 31.4 Å². The van der Waals surface area contributed by atoms with Crippen LogP contribution in [0.25, 0.3) is 0 Å². The molecule has 0 aromatic heterocycles. The van der Waals surface area contributed by atoms with Gasteiger partial charge >= 0.3 is 5.97 Å². The maximum Gasteiger partial charge on any atom is 0.328 e. The summed E-state index contributed by atoms with van der Waals surface area (Å²) >= 11 is 5.75. The van der Waals surface area contributed by atoms with Crippen molar-refractivity contribution in [1.82, 2.24) is 4.90 Å². The number of halogens is 2. The van der Waals surface area contributed by atoms with Gasteiger partial charge in [0.2, 0.25) is 0 Å². The van der Waals surface area contributed by atoms with Crippen molar-refractivity contribution in [2.45, 2.75) is 57.9 Å².